The van der Waals surface area contributed by atoms with Crippen molar-refractivity contribution >= 4 is 17.9 Å². The zero-order chi connectivity index (χ0) is 56.4. The monoisotopic (exact) mass is 1090 g/mol. The van der Waals surface area contributed by atoms with Crippen LogP contribution in [-0.2, 0) is 28.6 Å². The highest BCUT2D eigenvalue weighted by atomic mass is 16.6. The molecule has 0 spiro atoms. The van der Waals surface area contributed by atoms with E-state index in [1.54, 1.807) is 0 Å². The Morgan fingerprint density at radius 3 is 0.782 bits per heavy atom. The second kappa shape index (κ2) is 66.4. The molecule has 0 aliphatic rings. The number of unbranched alkanes of at least 4 members (excludes halogenated alkanes) is 39. The van der Waals surface area contributed by atoms with Gasteiger partial charge in [0.2, 0.25) is 0 Å². The van der Waals surface area contributed by atoms with Gasteiger partial charge in [-0.1, -0.05) is 312 Å². The maximum absolute atomic E-state index is 12.9. The molecule has 6 heteroatoms. The predicted molar refractivity (Wildman–Crippen MR) is 339 cm³/mol. The minimum absolute atomic E-state index is 0.0762. The molecule has 0 aromatic carbocycles. The topological polar surface area (TPSA) is 78.9 Å². The van der Waals surface area contributed by atoms with Crippen LogP contribution in [0.1, 0.15) is 348 Å². The molecule has 6 nitrogen and oxygen atoms in total. The van der Waals surface area contributed by atoms with Gasteiger partial charge in [-0.25, -0.2) is 0 Å². The summed E-state index contributed by atoms with van der Waals surface area (Å²) in [5.74, 6) is -0.869. The van der Waals surface area contributed by atoms with Crippen molar-refractivity contribution in [3.05, 3.63) is 72.9 Å². The van der Waals surface area contributed by atoms with Crippen molar-refractivity contribution < 1.29 is 28.6 Å². The predicted octanol–water partition coefficient (Wildman–Crippen LogP) is 23.3. The summed E-state index contributed by atoms with van der Waals surface area (Å²) in [4.78, 5) is 38.4. The van der Waals surface area contributed by atoms with Gasteiger partial charge in [-0.3, -0.25) is 14.4 Å². The summed E-state index contributed by atoms with van der Waals surface area (Å²) in [5, 5.41) is 0. The summed E-state index contributed by atoms with van der Waals surface area (Å²) in [5.41, 5.74) is 0. The summed E-state index contributed by atoms with van der Waals surface area (Å²) in [6.07, 6.45) is 86.3. The molecular weight excluding hydrogens is 961 g/mol. The van der Waals surface area contributed by atoms with E-state index in [0.29, 0.717) is 19.3 Å². The molecule has 1 atom stereocenters. The SMILES string of the molecule is CC/C=C\C/C=C\C/C=C\CCCCCCCCCC(=O)OC(COC(=O)CCCCCCCCCCCCCC/C=C\C/C=C\C/C=C\CCCCCCC)COC(=O)CCCCCCCCCCCCCCCCCC. The molecule has 0 aliphatic carbocycles. The third-order valence-electron chi connectivity index (χ3n) is 14.9. The van der Waals surface area contributed by atoms with E-state index in [0.717, 1.165) is 96.3 Å². The van der Waals surface area contributed by atoms with Gasteiger partial charge in [0.25, 0.3) is 0 Å². The van der Waals surface area contributed by atoms with Crippen LogP contribution in [0.3, 0.4) is 0 Å². The van der Waals surface area contributed by atoms with E-state index >= 15 is 0 Å². The van der Waals surface area contributed by atoms with E-state index in [4.69, 9.17) is 14.2 Å². The van der Waals surface area contributed by atoms with Crippen molar-refractivity contribution in [2.45, 2.75) is 354 Å². The molecule has 0 bridgehead atoms. The summed E-state index contributed by atoms with van der Waals surface area (Å²) < 4.78 is 17.0. The lowest BCUT2D eigenvalue weighted by atomic mass is 10.0. The van der Waals surface area contributed by atoms with Crippen LogP contribution < -0.4 is 0 Å². The van der Waals surface area contributed by atoms with Gasteiger partial charge in [-0.2, -0.15) is 0 Å². The van der Waals surface area contributed by atoms with Gasteiger partial charge in [0.05, 0.1) is 0 Å². The Morgan fingerprint density at radius 2 is 0.500 bits per heavy atom. The zero-order valence-electron chi connectivity index (χ0n) is 51.9. The first-order valence-corrected chi connectivity index (χ1v) is 33.9. The van der Waals surface area contributed by atoms with E-state index in [9.17, 15) is 14.4 Å². The molecule has 78 heavy (non-hydrogen) atoms. The van der Waals surface area contributed by atoms with Gasteiger partial charge in [-0.15, -0.1) is 0 Å². The molecule has 0 saturated heterocycles. The van der Waals surface area contributed by atoms with Gasteiger partial charge >= 0.3 is 17.9 Å². The van der Waals surface area contributed by atoms with Gasteiger partial charge in [0, 0.05) is 19.3 Å². The number of allylic oxidation sites excluding steroid dienone is 12. The molecule has 0 amide bonds. The normalized spacial score (nSPS) is 12.5. The van der Waals surface area contributed by atoms with Crippen LogP contribution in [0.5, 0.6) is 0 Å². The van der Waals surface area contributed by atoms with Gasteiger partial charge in [-0.05, 0) is 89.9 Å². The first-order chi connectivity index (χ1) is 38.5. The molecule has 0 heterocycles. The second-order valence-corrected chi connectivity index (χ2v) is 22.7. The third kappa shape index (κ3) is 63.7. The first kappa shape index (κ1) is 74.8. The Balaban J connectivity index is 4.29. The fourth-order valence-corrected chi connectivity index (χ4v) is 9.88. The maximum atomic E-state index is 12.9. The number of carbonyl (C=O) groups excluding carboxylic acids is 3. The lowest BCUT2D eigenvalue weighted by molar-refractivity contribution is -0.167. The van der Waals surface area contributed by atoms with Gasteiger partial charge in [0.15, 0.2) is 6.10 Å². The second-order valence-electron chi connectivity index (χ2n) is 22.7. The molecule has 0 N–H and O–H groups in total. The molecule has 0 fully saturated rings. The number of ether oxygens (including phenoxy) is 3. The van der Waals surface area contributed by atoms with Crippen LogP contribution in [0.15, 0.2) is 72.9 Å². The van der Waals surface area contributed by atoms with Crippen molar-refractivity contribution in [2.75, 3.05) is 13.2 Å². The lowest BCUT2D eigenvalue weighted by Gasteiger charge is -2.18. The first-order valence-electron chi connectivity index (χ1n) is 33.9. The molecule has 452 valence electrons. The Morgan fingerprint density at radius 1 is 0.269 bits per heavy atom. The van der Waals surface area contributed by atoms with Gasteiger partial charge < -0.3 is 14.2 Å². The van der Waals surface area contributed by atoms with E-state index in [1.165, 1.54) is 212 Å². The Bertz CT molecular complexity index is 1440. The van der Waals surface area contributed by atoms with Crippen molar-refractivity contribution in [3.8, 4) is 0 Å². The summed E-state index contributed by atoms with van der Waals surface area (Å²) in [7, 11) is 0. The number of esters is 3. The van der Waals surface area contributed by atoms with E-state index in [2.05, 4.69) is 93.7 Å². The highest BCUT2D eigenvalue weighted by Gasteiger charge is 2.19. The summed E-state index contributed by atoms with van der Waals surface area (Å²) in [6, 6.07) is 0. The summed E-state index contributed by atoms with van der Waals surface area (Å²) in [6.45, 7) is 6.56. The molecular formula is C72H128O6. The van der Waals surface area contributed by atoms with Crippen molar-refractivity contribution in [1.82, 2.24) is 0 Å². The average Bonchev–Trinajstić information content (AvgIpc) is 3.44. The molecule has 0 aromatic rings. The smallest absolute Gasteiger partial charge is 0.306 e. The van der Waals surface area contributed by atoms with Crippen LogP contribution in [0, 0.1) is 0 Å². The fraction of sp³-hybridized carbons (Fsp3) is 0.792. The quantitative estimate of drug-likeness (QED) is 0.0261. The zero-order valence-corrected chi connectivity index (χ0v) is 51.9. The molecule has 0 aliphatic heterocycles. The van der Waals surface area contributed by atoms with Crippen molar-refractivity contribution in [2.24, 2.45) is 0 Å². The molecule has 0 radical (unpaired) electrons. The molecule has 0 rings (SSSR count). The number of rotatable bonds is 62. The van der Waals surface area contributed by atoms with E-state index < -0.39 is 6.10 Å². The number of carbonyl (C=O) groups is 3. The number of hydrogen-bond donors (Lipinski definition) is 0. The molecule has 1 unspecified atom stereocenters. The van der Waals surface area contributed by atoms with Gasteiger partial charge in [0.1, 0.15) is 13.2 Å². The Hall–Kier alpha value is -3.15. The number of hydrogen-bond acceptors (Lipinski definition) is 6. The van der Waals surface area contributed by atoms with Crippen molar-refractivity contribution in [3.63, 3.8) is 0 Å². The Kier molecular flexibility index (Phi) is 63.7. The maximum Gasteiger partial charge on any atom is 0.306 e. The summed E-state index contributed by atoms with van der Waals surface area (Å²) >= 11 is 0. The van der Waals surface area contributed by atoms with Crippen LogP contribution in [-0.4, -0.2) is 37.2 Å². The minimum atomic E-state index is -0.781. The van der Waals surface area contributed by atoms with Crippen LogP contribution in [0.2, 0.25) is 0 Å². The van der Waals surface area contributed by atoms with E-state index in [-0.39, 0.29) is 31.1 Å². The third-order valence-corrected chi connectivity index (χ3v) is 14.9. The lowest BCUT2D eigenvalue weighted by Crippen LogP contribution is -2.30. The highest BCUT2D eigenvalue weighted by Crippen LogP contribution is 2.17. The van der Waals surface area contributed by atoms with E-state index in [1.807, 2.05) is 0 Å². The standard InChI is InChI=1S/C72H128O6/c1-4-7-10-13-16-19-22-25-28-31-32-33-34-35-36-37-38-39-40-42-44-47-50-53-56-59-62-65-71(74)77-68-69(67-76-70(73)64-61-58-55-52-49-46-43-30-27-24-21-18-15-12-9-6-3)78-72(75)66-63-60-57-54-51-48-45-41-29-26-23-20-17-14-11-8-5-2/h8,11,17,20,22,25-26,29,31-32,34-35,69H,4-7,9-10,12-16,18-19,21,23-24,27-28,30,33,36-68H2,1-3H3/b11-8-,20-17-,25-22-,29-26-,32-31-,35-34-. The minimum Gasteiger partial charge on any atom is -0.462 e. The van der Waals surface area contributed by atoms with Crippen LogP contribution >= 0.6 is 0 Å². The largest absolute Gasteiger partial charge is 0.462 e. The van der Waals surface area contributed by atoms with Crippen LogP contribution in [0.4, 0.5) is 0 Å². The Labute approximate surface area is 484 Å². The van der Waals surface area contributed by atoms with Crippen LogP contribution in [0.25, 0.3) is 0 Å². The highest BCUT2D eigenvalue weighted by molar-refractivity contribution is 5.71. The average molecular weight is 1090 g/mol. The van der Waals surface area contributed by atoms with Crippen molar-refractivity contribution in [1.29, 1.82) is 0 Å². The fourth-order valence-electron chi connectivity index (χ4n) is 9.88. The molecule has 0 aromatic heterocycles. The molecule has 0 saturated carbocycles.